The van der Waals surface area contributed by atoms with Crippen LogP contribution in [0, 0.1) is 6.92 Å². The number of rotatable bonds is 6. The number of ether oxygens (including phenoxy) is 1. The highest BCUT2D eigenvalue weighted by Crippen LogP contribution is 2.29. The van der Waals surface area contributed by atoms with E-state index in [9.17, 15) is 18.0 Å². The predicted octanol–water partition coefficient (Wildman–Crippen LogP) is -0.413. The molecule has 30 heavy (non-hydrogen) atoms. The lowest BCUT2D eigenvalue weighted by atomic mass is 9.97. The molecule has 0 bridgehead atoms. The number of sulfonamides is 1. The van der Waals surface area contributed by atoms with Gasteiger partial charge in [0.15, 0.2) is 6.10 Å². The molecule has 1 aromatic carbocycles. The molecule has 2 aliphatic rings. The van der Waals surface area contributed by atoms with Gasteiger partial charge >= 0.3 is 0 Å². The first-order valence-electron chi connectivity index (χ1n) is 10.1. The fourth-order valence-corrected chi connectivity index (χ4v) is 4.64. The molecule has 0 radical (unpaired) electrons. The van der Waals surface area contributed by atoms with Crippen molar-refractivity contribution in [1.82, 2.24) is 19.4 Å². The third-order valence-corrected chi connectivity index (χ3v) is 6.99. The molecular formula is C20H30N4O5S. The third-order valence-electron chi connectivity index (χ3n) is 5.69. The van der Waals surface area contributed by atoms with Crippen molar-refractivity contribution in [3.05, 3.63) is 35.4 Å². The molecule has 2 fully saturated rings. The van der Waals surface area contributed by atoms with Crippen LogP contribution in [0.3, 0.4) is 0 Å². The average Bonchev–Trinajstić information content (AvgIpc) is 2.70. The number of nitrogens with zero attached hydrogens (tertiary/aromatic N) is 3. The summed E-state index contributed by atoms with van der Waals surface area (Å²) >= 11 is 0. The van der Waals surface area contributed by atoms with E-state index in [2.05, 4.69) is 10.2 Å². The van der Waals surface area contributed by atoms with Crippen molar-refractivity contribution in [2.24, 2.45) is 0 Å². The lowest BCUT2D eigenvalue weighted by Crippen LogP contribution is -2.54. The Hall–Kier alpha value is -2.01. The zero-order valence-electron chi connectivity index (χ0n) is 17.7. The van der Waals surface area contributed by atoms with E-state index in [-0.39, 0.29) is 18.4 Å². The molecule has 2 amide bonds. The van der Waals surface area contributed by atoms with E-state index in [1.165, 1.54) is 10.6 Å². The van der Waals surface area contributed by atoms with Crippen LogP contribution >= 0.6 is 0 Å². The number of morpholine rings is 1. The van der Waals surface area contributed by atoms with Gasteiger partial charge in [0.2, 0.25) is 15.9 Å². The summed E-state index contributed by atoms with van der Waals surface area (Å²) in [6.07, 6.45) is 0.441. The van der Waals surface area contributed by atoms with Gasteiger partial charge in [-0.15, -0.1) is 0 Å². The smallest absolute Gasteiger partial charge is 0.251 e. The molecule has 0 saturated carbocycles. The van der Waals surface area contributed by atoms with Gasteiger partial charge in [-0.05, 0) is 12.5 Å². The maximum Gasteiger partial charge on any atom is 0.251 e. The highest BCUT2D eigenvalue weighted by Gasteiger charge is 2.39. The molecule has 0 spiro atoms. The lowest BCUT2D eigenvalue weighted by molar-refractivity contribution is -0.162. The minimum Gasteiger partial charge on any atom is -0.356 e. The van der Waals surface area contributed by atoms with Gasteiger partial charge in [-0.2, -0.15) is 4.31 Å². The van der Waals surface area contributed by atoms with Gasteiger partial charge in [-0.3, -0.25) is 14.5 Å². The molecule has 0 aliphatic carbocycles. The minimum absolute atomic E-state index is 0.121. The Balaban J connectivity index is 1.56. The van der Waals surface area contributed by atoms with E-state index in [0.717, 1.165) is 11.1 Å². The Bertz CT molecular complexity index is 866. The second kappa shape index (κ2) is 9.42. The van der Waals surface area contributed by atoms with Gasteiger partial charge in [-0.1, -0.05) is 29.8 Å². The molecule has 1 N–H and O–H groups in total. The summed E-state index contributed by atoms with van der Waals surface area (Å²) in [5, 5.41) is 2.91. The van der Waals surface area contributed by atoms with E-state index in [0.29, 0.717) is 39.3 Å². The minimum atomic E-state index is -3.15. The Kier molecular flexibility index (Phi) is 7.12. The molecule has 2 atom stereocenters. The first kappa shape index (κ1) is 22.7. The first-order valence-corrected chi connectivity index (χ1v) is 11.9. The number of benzene rings is 1. The monoisotopic (exact) mass is 438 g/mol. The van der Waals surface area contributed by atoms with E-state index in [4.69, 9.17) is 4.74 Å². The Morgan fingerprint density at radius 3 is 2.40 bits per heavy atom. The van der Waals surface area contributed by atoms with Gasteiger partial charge in [-0.25, -0.2) is 8.42 Å². The van der Waals surface area contributed by atoms with Crippen LogP contribution in [0.4, 0.5) is 0 Å². The predicted molar refractivity (Wildman–Crippen MR) is 112 cm³/mol. The normalized spacial score (nSPS) is 24.1. The first-order chi connectivity index (χ1) is 14.2. The number of likely N-dealkylation sites (N-methyl/N-ethyl adjacent to an activating group) is 1. The summed E-state index contributed by atoms with van der Waals surface area (Å²) in [6, 6.07) is 7.26. The summed E-state index contributed by atoms with van der Waals surface area (Å²) < 4.78 is 30.3. The fraction of sp³-hybridized carbons (Fsp3) is 0.600. The SMILES string of the molecule is Cc1ccc([C@@H]2[C@H](C(=O)NCCN3CCN(S(C)(=O)=O)CC3)OCC(=O)N2C)cc1. The second-order valence-corrected chi connectivity index (χ2v) is 9.87. The topological polar surface area (TPSA) is 99.3 Å². The molecule has 2 aliphatic heterocycles. The summed E-state index contributed by atoms with van der Waals surface area (Å²) in [4.78, 5) is 28.7. The number of carbonyl (C=O) groups is 2. The van der Waals surface area contributed by atoms with Crippen molar-refractivity contribution in [2.45, 2.75) is 19.1 Å². The van der Waals surface area contributed by atoms with Crippen LogP contribution in [0.15, 0.2) is 24.3 Å². The Morgan fingerprint density at radius 2 is 1.80 bits per heavy atom. The zero-order valence-corrected chi connectivity index (χ0v) is 18.5. The van der Waals surface area contributed by atoms with Crippen LogP contribution in [0.1, 0.15) is 17.2 Å². The highest BCUT2D eigenvalue weighted by atomic mass is 32.2. The summed E-state index contributed by atoms with van der Waals surface area (Å²) in [5.41, 5.74) is 1.95. The molecule has 2 saturated heterocycles. The molecule has 9 nitrogen and oxygen atoms in total. The van der Waals surface area contributed by atoms with Crippen molar-refractivity contribution < 1.29 is 22.7 Å². The van der Waals surface area contributed by atoms with E-state index >= 15 is 0 Å². The molecule has 1 aromatic rings. The number of amides is 2. The van der Waals surface area contributed by atoms with Crippen LogP contribution in [0.5, 0.6) is 0 Å². The van der Waals surface area contributed by atoms with Crippen LogP contribution in [-0.2, 0) is 24.3 Å². The average molecular weight is 439 g/mol. The second-order valence-electron chi connectivity index (χ2n) is 7.89. The van der Waals surface area contributed by atoms with E-state index in [1.54, 1.807) is 11.9 Å². The molecule has 3 rings (SSSR count). The van der Waals surface area contributed by atoms with Crippen LogP contribution in [0.2, 0.25) is 0 Å². The van der Waals surface area contributed by atoms with Gasteiger partial charge in [0.1, 0.15) is 6.61 Å². The molecular weight excluding hydrogens is 408 g/mol. The van der Waals surface area contributed by atoms with E-state index < -0.39 is 22.2 Å². The van der Waals surface area contributed by atoms with Crippen LogP contribution in [-0.4, -0.2) is 99.6 Å². The summed E-state index contributed by atoms with van der Waals surface area (Å²) in [6.45, 7) is 5.09. The van der Waals surface area contributed by atoms with Gasteiger partial charge in [0, 0.05) is 46.3 Å². The van der Waals surface area contributed by atoms with Crippen molar-refractivity contribution >= 4 is 21.8 Å². The van der Waals surface area contributed by atoms with Crippen molar-refractivity contribution in [1.29, 1.82) is 0 Å². The summed E-state index contributed by atoms with van der Waals surface area (Å²) in [7, 11) is -1.46. The van der Waals surface area contributed by atoms with Gasteiger partial charge in [0.05, 0.1) is 12.3 Å². The maximum atomic E-state index is 12.8. The maximum absolute atomic E-state index is 12.8. The third kappa shape index (κ3) is 5.37. The fourth-order valence-electron chi connectivity index (χ4n) is 3.82. The molecule has 10 heteroatoms. The lowest BCUT2D eigenvalue weighted by Gasteiger charge is -2.38. The standard InChI is InChI=1S/C20H30N4O5S/c1-15-4-6-16(7-5-15)18-19(29-14-17(25)22(18)2)20(26)21-8-9-23-10-12-24(13-11-23)30(3,27)28/h4-7,18-19H,8-14H2,1-3H3,(H,21,26)/t18-,19-/m1/s1. The highest BCUT2D eigenvalue weighted by molar-refractivity contribution is 7.88. The number of aryl methyl sites for hydroxylation is 1. The van der Waals surface area contributed by atoms with Gasteiger partial charge < -0.3 is 15.0 Å². The quantitative estimate of drug-likeness (QED) is 0.648. The van der Waals surface area contributed by atoms with Crippen LogP contribution < -0.4 is 5.32 Å². The number of carbonyl (C=O) groups excluding carboxylic acids is 2. The largest absolute Gasteiger partial charge is 0.356 e. The summed E-state index contributed by atoms with van der Waals surface area (Å²) in [5.74, 6) is -0.414. The van der Waals surface area contributed by atoms with Crippen molar-refractivity contribution in [3.8, 4) is 0 Å². The number of piperazine rings is 1. The molecule has 166 valence electrons. The van der Waals surface area contributed by atoms with Gasteiger partial charge in [0.25, 0.3) is 5.91 Å². The molecule has 0 aromatic heterocycles. The zero-order chi connectivity index (χ0) is 21.9. The molecule has 2 heterocycles. The Labute approximate surface area is 178 Å². The van der Waals surface area contributed by atoms with E-state index in [1.807, 2.05) is 31.2 Å². The Morgan fingerprint density at radius 1 is 1.17 bits per heavy atom. The number of hydrogen-bond donors (Lipinski definition) is 1. The number of hydrogen-bond acceptors (Lipinski definition) is 6. The van der Waals surface area contributed by atoms with Crippen LogP contribution in [0.25, 0.3) is 0 Å². The molecule has 0 unspecified atom stereocenters. The van der Waals surface area contributed by atoms with Crippen molar-refractivity contribution in [3.63, 3.8) is 0 Å². The van der Waals surface area contributed by atoms with Crippen molar-refractivity contribution in [2.75, 3.05) is 59.2 Å². The number of nitrogens with one attached hydrogen (secondary N) is 1.